The molecule has 4 aromatic carbocycles. The first-order valence-corrected chi connectivity index (χ1v) is 20.1. The van der Waals surface area contributed by atoms with Gasteiger partial charge in [-0.25, -0.2) is 32.5 Å². The van der Waals surface area contributed by atoms with Gasteiger partial charge in [-0.05, 0) is 98.5 Å². The first kappa shape index (κ1) is 38.6. The van der Waals surface area contributed by atoms with Crippen molar-refractivity contribution in [1.29, 1.82) is 0 Å². The van der Waals surface area contributed by atoms with Crippen LogP contribution in [0.5, 0.6) is 5.75 Å². The van der Waals surface area contributed by atoms with Crippen molar-refractivity contribution in [1.82, 2.24) is 34.4 Å². The first-order valence-electron chi connectivity index (χ1n) is 20.1. The molecule has 2 aromatic heterocycles. The molecule has 59 heavy (non-hydrogen) atoms. The molecule has 0 bridgehead atoms. The van der Waals surface area contributed by atoms with Gasteiger partial charge < -0.3 is 29.3 Å². The summed E-state index contributed by atoms with van der Waals surface area (Å²) in [7, 11) is 0. The fourth-order valence-electron chi connectivity index (χ4n) is 8.44. The predicted octanol–water partition coefficient (Wildman–Crippen LogP) is 5.28. The van der Waals surface area contributed by atoms with Crippen molar-refractivity contribution >= 4 is 11.4 Å². The number of ether oxygens (including phenoxy) is 3. The van der Waals surface area contributed by atoms with Crippen LogP contribution in [0.4, 0.5) is 20.2 Å². The summed E-state index contributed by atoms with van der Waals surface area (Å²) in [4.78, 5) is 22.2. The maximum atomic E-state index is 14.9. The summed E-state index contributed by atoms with van der Waals surface area (Å²) in [5, 5.41) is 12.4. The molecule has 4 atom stereocenters. The normalized spacial score (nSPS) is 20.5. The van der Waals surface area contributed by atoms with Crippen molar-refractivity contribution < 1.29 is 23.0 Å². The van der Waals surface area contributed by atoms with Gasteiger partial charge in [-0.2, -0.15) is 10.2 Å². The molecule has 9 rings (SSSR count). The van der Waals surface area contributed by atoms with E-state index in [1.807, 2.05) is 43.3 Å². The molecule has 1 N–H and O–H groups in total. The van der Waals surface area contributed by atoms with Gasteiger partial charge >= 0.3 is 5.69 Å². The highest BCUT2D eigenvalue weighted by molar-refractivity contribution is 5.55. The minimum atomic E-state index is -1.52. The van der Waals surface area contributed by atoms with Gasteiger partial charge in [0.15, 0.2) is 0 Å². The van der Waals surface area contributed by atoms with E-state index in [1.54, 1.807) is 15.6 Å². The summed E-state index contributed by atoms with van der Waals surface area (Å²) >= 11 is 0. The number of hydrogen-bond acceptors (Lipinski definition) is 10. The van der Waals surface area contributed by atoms with E-state index in [4.69, 9.17) is 14.2 Å². The lowest BCUT2D eigenvalue weighted by Gasteiger charge is -2.37. The zero-order valence-electron chi connectivity index (χ0n) is 33.0. The van der Waals surface area contributed by atoms with E-state index in [9.17, 15) is 13.6 Å². The highest BCUT2D eigenvalue weighted by Gasteiger charge is 2.46. The third-order valence-corrected chi connectivity index (χ3v) is 11.8. The van der Waals surface area contributed by atoms with Crippen LogP contribution in [0.15, 0.2) is 115 Å². The third kappa shape index (κ3) is 8.10. The van der Waals surface area contributed by atoms with Crippen molar-refractivity contribution in [3.8, 4) is 11.4 Å². The van der Waals surface area contributed by atoms with Crippen LogP contribution in [-0.2, 0) is 34.6 Å². The molecule has 0 saturated carbocycles. The zero-order valence-corrected chi connectivity index (χ0v) is 33.0. The number of aromatic nitrogens is 6. The summed E-state index contributed by atoms with van der Waals surface area (Å²) in [5.41, 5.74) is 5.70. The van der Waals surface area contributed by atoms with Crippen molar-refractivity contribution in [2.45, 2.75) is 63.3 Å². The van der Waals surface area contributed by atoms with E-state index >= 15 is 0 Å². The summed E-state index contributed by atoms with van der Waals surface area (Å²) in [6, 6.07) is 28.2. The first-order chi connectivity index (χ1) is 28.7. The Balaban J connectivity index is 0.758. The van der Waals surface area contributed by atoms with Gasteiger partial charge in [0.05, 0.1) is 18.3 Å². The SMILES string of the molecule is CC(NC1Cc2ccccc2C1)C(C)n1ncn(-c2ccc(N3CCN(c4ccc(OCC5COC(Cn6cncn6)(c6ccc(F)cc6F)O5)cc4)CC3)cc2)c1=O. The van der Waals surface area contributed by atoms with Gasteiger partial charge in [0.2, 0.25) is 5.79 Å². The molecule has 2 saturated heterocycles. The van der Waals surface area contributed by atoms with E-state index < -0.39 is 23.5 Å². The third-order valence-electron chi connectivity index (χ3n) is 11.8. The molecular weight excluding hydrogens is 757 g/mol. The minimum absolute atomic E-state index is 0.0293. The smallest absolute Gasteiger partial charge is 0.350 e. The molecule has 0 amide bonds. The lowest BCUT2D eigenvalue weighted by molar-refractivity contribution is -0.192. The standard InChI is InChI=1S/C44H47F2N9O4/c1-30(50-35-21-32-5-3-4-6-33(32)22-35)31(2)55-43(56)54(29-49-55)38-10-8-36(9-11-38)51-17-19-52(20-18-51)37-12-14-39(15-13-37)57-24-40-25-58-44(59-40,26-53-28-47-27-48-53)41-16-7-34(45)23-42(41)46/h3-16,23,27-31,35,40,50H,17-22,24-26H2,1-2H3. The van der Waals surface area contributed by atoms with Crippen molar-refractivity contribution in [3.63, 3.8) is 0 Å². The van der Waals surface area contributed by atoms with Crippen LogP contribution in [0.1, 0.15) is 36.6 Å². The number of anilines is 2. The summed E-state index contributed by atoms with van der Waals surface area (Å²) in [6.45, 7) is 7.87. The largest absolute Gasteiger partial charge is 0.491 e. The maximum absolute atomic E-state index is 14.9. The van der Waals surface area contributed by atoms with Gasteiger partial charge in [0.1, 0.15) is 55.6 Å². The molecular formula is C44H47F2N9O4. The Hall–Kier alpha value is -5.90. The molecule has 4 heterocycles. The Kier molecular flexibility index (Phi) is 10.7. The number of rotatable bonds is 13. The van der Waals surface area contributed by atoms with Crippen molar-refractivity contribution in [2.24, 2.45) is 0 Å². The van der Waals surface area contributed by atoms with Gasteiger partial charge in [-0.3, -0.25) is 0 Å². The molecule has 3 aliphatic rings. The molecule has 2 fully saturated rings. The average Bonchev–Trinajstić information content (AvgIpc) is 4.08. The molecule has 0 spiro atoms. The number of benzene rings is 4. The second-order valence-corrected chi connectivity index (χ2v) is 15.6. The second kappa shape index (κ2) is 16.4. The van der Waals surface area contributed by atoms with Crippen molar-refractivity contribution in [3.05, 3.63) is 149 Å². The van der Waals surface area contributed by atoms with Crippen LogP contribution < -0.4 is 25.5 Å². The second-order valence-electron chi connectivity index (χ2n) is 15.6. The fourth-order valence-corrected chi connectivity index (χ4v) is 8.44. The number of hydrogen-bond donors (Lipinski definition) is 1. The van der Waals surface area contributed by atoms with Crippen LogP contribution in [0, 0.1) is 11.6 Å². The van der Waals surface area contributed by atoms with Gasteiger partial charge in [-0.15, -0.1) is 0 Å². The molecule has 15 heteroatoms. The van der Waals surface area contributed by atoms with Crippen LogP contribution in [0.25, 0.3) is 5.69 Å². The topological polar surface area (TPSA) is 117 Å². The zero-order chi connectivity index (χ0) is 40.5. The van der Waals surface area contributed by atoms with E-state index in [0.29, 0.717) is 11.8 Å². The predicted molar refractivity (Wildman–Crippen MR) is 218 cm³/mol. The monoisotopic (exact) mass is 803 g/mol. The van der Waals surface area contributed by atoms with E-state index in [1.165, 1.54) is 40.6 Å². The van der Waals surface area contributed by atoms with E-state index in [0.717, 1.165) is 62.1 Å². The quantitative estimate of drug-likeness (QED) is 0.165. The number of nitrogens with one attached hydrogen (secondary N) is 1. The summed E-state index contributed by atoms with van der Waals surface area (Å²) in [6.07, 6.45) is 5.95. The van der Waals surface area contributed by atoms with Crippen LogP contribution in [0.2, 0.25) is 0 Å². The van der Waals surface area contributed by atoms with Crippen LogP contribution in [-0.4, -0.2) is 86.7 Å². The Morgan fingerprint density at radius 2 is 1.51 bits per heavy atom. The van der Waals surface area contributed by atoms with E-state index in [2.05, 4.69) is 73.6 Å². The Labute approximate surface area is 340 Å². The van der Waals surface area contributed by atoms with Crippen LogP contribution >= 0.6 is 0 Å². The van der Waals surface area contributed by atoms with Crippen molar-refractivity contribution in [2.75, 3.05) is 49.2 Å². The molecule has 2 aliphatic heterocycles. The maximum Gasteiger partial charge on any atom is 0.350 e. The van der Waals surface area contributed by atoms with Gasteiger partial charge in [0, 0.05) is 61.3 Å². The Morgan fingerprint density at radius 3 is 2.15 bits per heavy atom. The lowest BCUT2D eigenvalue weighted by atomic mass is 10.0. The Bertz CT molecular complexity index is 2390. The molecule has 13 nitrogen and oxygen atoms in total. The van der Waals surface area contributed by atoms with Crippen LogP contribution in [0.3, 0.4) is 0 Å². The molecule has 0 radical (unpaired) electrons. The number of piperazine rings is 1. The van der Waals surface area contributed by atoms with Gasteiger partial charge in [-0.1, -0.05) is 24.3 Å². The fraction of sp³-hybridized carbons (Fsp3) is 0.364. The molecule has 4 unspecified atom stereocenters. The number of nitrogens with zero attached hydrogens (tertiary/aromatic N) is 8. The summed E-state index contributed by atoms with van der Waals surface area (Å²) in [5.74, 6) is -2.31. The van der Waals surface area contributed by atoms with Gasteiger partial charge in [0.25, 0.3) is 0 Å². The van der Waals surface area contributed by atoms with E-state index in [-0.39, 0.29) is 43.1 Å². The lowest BCUT2D eigenvalue weighted by Crippen LogP contribution is -2.46. The minimum Gasteiger partial charge on any atom is -0.491 e. The highest BCUT2D eigenvalue weighted by Crippen LogP contribution is 2.38. The summed E-state index contributed by atoms with van der Waals surface area (Å²) < 4.78 is 51.7. The average molecular weight is 804 g/mol. The molecule has 6 aromatic rings. The molecule has 306 valence electrons. The number of halogens is 2. The highest BCUT2D eigenvalue weighted by atomic mass is 19.1. The number of fused-ring (bicyclic) bond motifs is 1. The molecule has 1 aliphatic carbocycles. The Morgan fingerprint density at radius 1 is 0.847 bits per heavy atom.